The van der Waals surface area contributed by atoms with Crippen LogP contribution in [0.15, 0.2) is 28.8 Å². The molecule has 0 radical (unpaired) electrons. The largest absolute Gasteiger partial charge is 0.376 e. The van der Waals surface area contributed by atoms with Gasteiger partial charge in [-0.15, -0.1) is 0 Å². The van der Waals surface area contributed by atoms with E-state index in [-0.39, 0.29) is 23.7 Å². The number of benzene rings is 1. The van der Waals surface area contributed by atoms with Gasteiger partial charge < -0.3 is 18.9 Å². The molecule has 3 heterocycles. The smallest absolute Gasteiger partial charge is 0.251 e. The van der Waals surface area contributed by atoms with Crippen LogP contribution in [0, 0.1) is 5.82 Å². The number of hydrogen-bond acceptors (Lipinski definition) is 6. The lowest BCUT2D eigenvalue weighted by Gasteiger charge is -2.32. The normalized spacial score (nSPS) is 23.3. The average Bonchev–Trinajstić information content (AvgIpc) is 3.44. The number of rotatable bonds is 6. The summed E-state index contributed by atoms with van der Waals surface area (Å²) in [6.07, 6.45) is 3.33. The second-order valence-corrected chi connectivity index (χ2v) is 7.70. The molecule has 8 heteroatoms. The number of nitrogens with zero attached hydrogens (tertiary/aromatic N) is 3. The lowest BCUT2D eigenvalue weighted by atomic mass is 9.97. The number of hydrogen-bond donors (Lipinski definition) is 0. The van der Waals surface area contributed by atoms with Gasteiger partial charge in [0.05, 0.1) is 18.6 Å². The van der Waals surface area contributed by atoms with E-state index in [1.54, 1.807) is 24.0 Å². The Kier molecular flexibility index (Phi) is 6.20. The van der Waals surface area contributed by atoms with Crippen molar-refractivity contribution < 1.29 is 23.2 Å². The molecule has 29 heavy (non-hydrogen) atoms. The van der Waals surface area contributed by atoms with E-state index in [4.69, 9.17) is 14.0 Å². The molecule has 156 valence electrons. The van der Waals surface area contributed by atoms with Crippen LogP contribution in [0.25, 0.3) is 11.4 Å². The molecule has 4 rings (SSSR count). The minimum atomic E-state index is -0.511. The van der Waals surface area contributed by atoms with Crippen LogP contribution >= 0.6 is 0 Å². The van der Waals surface area contributed by atoms with E-state index in [0.29, 0.717) is 37.0 Å². The van der Waals surface area contributed by atoms with Crippen LogP contribution in [-0.2, 0) is 14.3 Å². The van der Waals surface area contributed by atoms with Gasteiger partial charge in [0.15, 0.2) is 0 Å². The van der Waals surface area contributed by atoms with Crippen molar-refractivity contribution in [2.75, 3.05) is 26.3 Å². The Morgan fingerprint density at radius 1 is 1.38 bits per heavy atom. The minimum Gasteiger partial charge on any atom is -0.376 e. The summed E-state index contributed by atoms with van der Waals surface area (Å²) in [6.45, 7) is 4.21. The lowest BCUT2D eigenvalue weighted by Crippen LogP contribution is -2.44. The monoisotopic (exact) mass is 403 g/mol. The van der Waals surface area contributed by atoms with Crippen LogP contribution in [0.1, 0.15) is 44.4 Å². The maximum atomic E-state index is 13.4. The quantitative estimate of drug-likeness (QED) is 0.737. The molecule has 1 amide bonds. The Morgan fingerprint density at radius 2 is 2.28 bits per heavy atom. The van der Waals surface area contributed by atoms with Crippen LogP contribution in [0.3, 0.4) is 0 Å². The van der Waals surface area contributed by atoms with Crippen molar-refractivity contribution in [2.24, 2.45) is 0 Å². The molecule has 0 bridgehead atoms. The van der Waals surface area contributed by atoms with E-state index < -0.39 is 6.10 Å². The molecular formula is C21H26FN3O4. The van der Waals surface area contributed by atoms with Crippen molar-refractivity contribution in [3.05, 3.63) is 36.0 Å². The molecule has 3 atom stereocenters. The first-order chi connectivity index (χ1) is 14.1. The standard InChI is InChI=1S/C21H26FN3O4/c1-14(28-13-18-8-4-10-27-18)21(26)25-9-3-6-16(12-25)20-23-19(24-29-20)15-5-2-7-17(22)11-15/h2,5,7,11,14,16,18H,3-4,6,8-10,12-13H2,1H3. The minimum absolute atomic E-state index is 0.0300. The summed E-state index contributed by atoms with van der Waals surface area (Å²) in [7, 11) is 0. The average molecular weight is 403 g/mol. The third-order valence-corrected chi connectivity index (χ3v) is 5.51. The number of carbonyl (C=O) groups excluding carboxylic acids is 1. The van der Waals surface area contributed by atoms with Gasteiger partial charge in [-0.3, -0.25) is 4.79 Å². The summed E-state index contributed by atoms with van der Waals surface area (Å²) in [6, 6.07) is 6.09. The zero-order valence-corrected chi connectivity index (χ0v) is 16.6. The number of amides is 1. The van der Waals surface area contributed by atoms with Crippen LogP contribution in [-0.4, -0.2) is 59.5 Å². The van der Waals surface area contributed by atoms with Gasteiger partial charge in [0.1, 0.15) is 11.9 Å². The highest BCUT2D eigenvalue weighted by molar-refractivity contribution is 5.80. The molecule has 0 saturated carbocycles. The predicted octanol–water partition coefficient (Wildman–Crippen LogP) is 3.17. The highest BCUT2D eigenvalue weighted by Gasteiger charge is 2.31. The van der Waals surface area contributed by atoms with Crippen LogP contribution in [0.4, 0.5) is 4.39 Å². The molecule has 1 aromatic heterocycles. The lowest BCUT2D eigenvalue weighted by molar-refractivity contribution is -0.145. The summed E-state index contributed by atoms with van der Waals surface area (Å²) >= 11 is 0. The Balaban J connectivity index is 1.36. The Bertz CT molecular complexity index is 837. The van der Waals surface area contributed by atoms with E-state index in [2.05, 4.69) is 10.1 Å². The van der Waals surface area contributed by atoms with Crippen molar-refractivity contribution in [3.63, 3.8) is 0 Å². The molecule has 2 aliphatic rings. The third kappa shape index (κ3) is 4.82. The molecule has 2 saturated heterocycles. The fourth-order valence-electron chi connectivity index (χ4n) is 3.88. The topological polar surface area (TPSA) is 77.7 Å². The van der Waals surface area contributed by atoms with Gasteiger partial charge in [0.2, 0.25) is 11.7 Å². The van der Waals surface area contributed by atoms with Gasteiger partial charge in [-0.1, -0.05) is 17.3 Å². The molecule has 0 spiro atoms. The molecule has 0 N–H and O–H groups in total. The SMILES string of the molecule is CC(OCC1CCCO1)C(=O)N1CCCC(c2nc(-c3cccc(F)c3)no2)C1. The molecule has 0 aliphatic carbocycles. The number of ether oxygens (including phenoxy) is 2. The van der Waals surface area contributed by atoms with Crippen molar-refractivity contribution in [3.8, 4) is 11.4 Å². The first-order valence-electron chi connectivity index (χ1n) is 10.2. The maximum absolute atomic E-state index is 13.4. The van der Waals surface area contributed by atoms with Gasteiger partial charge in [-0.2, -0.15) is 4.98 Å². The van der Waals surface area contributed by atoms with E-state index >= 15 is 0 Å². The van der Waals surface area contributed by atoms with Gasteiger partial charge >= 0.3 is 0 Å². The van der Waals surface area contributed by atoms with Crippen LogP contribution in [0.2, 0.25) is 0 Å². The molecular weight excluding hydrogens is 377 g/mol. The number of aromatic nitrogens is 2. The zero-order valence-electron chi connectivity index (χ0n) is 16.6. The van der Waals surface area contributed by atoms with E-state index in [0.717, 1.165) is 32.3 Å². The van der Waals surface area contributed by atoms with Gasteiger partial charge in [0.25, 0.3) is 5.91 Å². The van der Waals surface area contributed by atoms with Gasteiger partial charge in [-0.05, 0) is 44.7 Å². The summed E-state index contributed by atoms with van der Waals surface area (Å²) in [4.78, 5) is 19.0. The highest BCUT2D eigenvalue weighted by Crippen LogP contribution is 2.28. The van der Waals surface area contributed by atoms with E-state index in [9.17, 15) is 9.18 Å². The fraction of sp³-hybridized carbons (Fsp3) is 0.571. The van der Waals surface area contributed by atoms with Crippen molar-refractivity contribution in [1.82, 2.24) is 15.0 Å². The Morgan fingerprint density at radius 3 is 3.07 bits per heavy atom. The molecule has 2 aromatic rings. The molecule has 2 fully saturated rings. The number of likely N-dealkylation sites (tertiary alicyclic amines) is 1. The second kappa shape index (κ2) is 9.00. The third-order valence-electron chi connectivity index (χ3n) is 5.51. The first kappa shape index (κ1) is 20.0. The Labute approximate surface area is 169 Å². The molecule has 7 nitrogen and oxygen atoms in total. The summed E-state index contributed by atoms with van der Waals surface area (Å²) in [5, 5.41) is 3.99. The molecule has 2 aliphatic heterocycles. The predicted molar refractivity (Wildman–Crippen MR) is 103 cm³/mol. The Hall–Kier alpha value is -2.32. The van der Waals surface area contributed by atoms with Crippen molar-refractivity contribution in [1.29, 1.82) is 0 Å². The molecule has 1 aromatic carbocycles. The number of piperidine rings is 1. The highest BCUT2D eigenvalue weighted by atomic mass is 19.1. The fourth-order valence-corrected chi connectivity index (χ4v) is 3.88. The van der Waals surface area contributed by atoms with Crippen molar-refractivity contribution >= 4 is 5.91 Å². The second-order valence-electron chi connectivity index (χ2n) is 7.70. The molecule has 3 unspecified atom stereocenters. The van der Waals surface area contributed by atoms with Crippen LogP contribution in [0.5, 0.6) is 0 Å². The van der Waals surface area contributed by atoms with Gasteiger partial charge in [-0.25, -0.2) is 4.39 Å². The van der Waals surface area contributed by atoms with Crippen LogP contribution < -0.4 is 0 Å². The summed E-state index contributed by atoms with van der Waals surface area (Å²) < 4.78 is 30.2. The number of halogens is 1. The van der Waals surface area contributed by atoms with Gasteiger partial charge in [0, 0.05) is 25.3 Å². The maximum Gasteiger partial charge on any atom is 0.251 e. The van der Waals surface area contributed by atoms with E-state index in [1.165, 1.54) is 12.1 Å². The first-order valence-corrected chi connectivity index (χ1v) is 10.2. The summed E-state index contributed by atoms with van der Waals surface area (Å²) in [5.74, 6) is 0.427. The number of carbonyl (C=O) groups is 1. The van der Waals surface area contributed by atoms with Crippen molar-refractivity contribution in [2.45, 2.75) is 50.7 Å². The summed E-state index contributed by atoms with van der Waals surface area (Å²) in [5.41, 5.74) is 0.569. The van der Waals surface area contributed by atoms with E-state index in [1.807, 2.05) is 0 Å². The zero-order chi connectivity index (χ0) is 20.2.